The number of methoxy groups -OCH3 is 2. The maximum absolute atomic E-state index is 7.57. The fourth-order valence-electron chi connectivity index (χ4n) is 3.88. The van der Waals surface area contributed by atoms with Crippen molar-refractivity contribution in [1.29, 1.82) is 0 Å². The first-order valence-corrected chi connectivity index (χ1v) is 11.8. The van der Waals surface area contributed by atoms with Crippen LogP contribution in [0.1, 0.15) is 33.7 Å². The molecule has 0 aliphatic rings. The fourth-order valence-corrected chi connectivity index (χ4v) is 3.88. The van der Waals surface area contributed by atoms with E-state index >= 15 is 0 Å². The van der Waals surface area contributed by atoms with Gasteiger partial charge in [0.05, 0.1) is 58.0 Å². The number of rotatable bonds is 7. The third-order valence-corrected chi connectivity index (χ3v) is 5.83. The van der Waals surface area contributed by atoms with Gasteiger partial charge in [0.2, 0.25) is 0 Å². The molecule has 2 aromatic carbocycles. The summed E-state index contributed by atoms with van der Waals surface area (Å²) in [5.74, 6) is 6.02. The zero-order valence-corrected chi connectivity index (χ0v) is 20.8. The predicted octanol–water partition coefficient (Wildman–Crippen LogP) is 5.68. The Morgan fingerprint density at radius 3 is 2.45 bits per heavy atom. The lowest BCUT2D eigenvalue weighted by Gasteiger charge is -2.24. The van der Waals surface area contributed by atoms with Crippen LogP contribution in [0.2, 0.25) is 0 Å². The fraction of sp³-hybridized carbons (Fsp3) is 0.200. The van der Waals surface area contributed by atoms with Crippen molar-refractivity contribution in [3.63, 3.8) is 0 Å². The van der Waals surface area contributed by atoms with E-state index in [1.807, 2.05) is 42.9 Å². The smallest absolute Gasteiger partial charge is 0.124 e. The number of fused-ring (bicyclic) bond motifs is 1. The van der Waals surface area contributed by atoms with Gasteiger partial charge in [-0.15, -0.1) is 0 Å². The normalized spacial score (nSPS) is 13.8. The summed E-state index contributed by atoms with van der Waals surface area (Å²) in [4.78, 5) is 15.2. The van der Waals surface area contributed by atoms with E-state index in [0.717, 1.165) is 11.1 Å². The van der Waals surface area contributed by atoms with Gasteiger partial charge in [0.1, 0.15) is 11.5 Å². The van der Waals surface area contributed by atoms with Crippen LogP contribution in [-0.2, 0) is 0 Å². The number of hydrogen-bond donors (Lipinski definition) is 0. The standard InChI is InChI=1S/C30H28N6O2/c1-21(2)36-20-23(18-33-36)30-19-32-28-8-7-24(16-29(28)34-30)35(13-5-6-22-9-11-31-12-10-22)25-14-26(37-3)17-27(15-25)38-4/h7-12,14-21H,13H2,1-4H3/i3D3,4D3. The molecule has 3 heterocycles. The van der Waals surface area contributed by atoms with Gasteiger partial charge in [-0.25, -0.2) is 4.98 Å². The van der Waals surface area contributed by atoms with Crippen LogP contribution in [0.15, 0.2) is 79.5 Å². The van der Waals surface area contributed by atoms with Crippen LogP contribution in [0, 0.1) is 11.8 Å². The summed E-state index contributed by atoms with van der Waals surface area (Å²) in [6, 6.07) is 13.4. The highest BCUT2D eigenvalue weighted by atomic mass is 16.5. The van der Waals surface area contributed by atoms with Gasteiger partial charge in [0.15, 0.2) is 0 Å². The maximum Gasteiger partial charge on any atom is 0.124 e. The lowest BCUT2D eigenvalue weighted by atomic mass is 10.2. The van der Waals surface area contributed by atoms with Crippen LogP contribution in [0.5, 0.6) is 11.5 Å². The second kappa shape index (κ2) is 11.0. The Labute approximate surface area is 230 Å². The van der Waals surface area contributed by atoms with E-state index in [1.54, 1.807) is 41.8 Å². The van der Waals surface area contributed by atoms with Crippen molar-refractivity contribution in [3.05, 3.63) is 85.1 Å². The lowest BCUT2D eigenvalue weighted by molar-refractivity contribution is 0.394. The molecule has 0 atom stereocenters. The second-order valence-corrected chi connectivity index (χ2v) is 8.72. The molecule has 0 aliphatic heterocycles. The van der Waals surface area contributed by atoms with Crippen LogP contribution in [0.3, 0.4) is 0 Å². The Bertz CT molecular complexity index is 1790. The third-order valence-electron chi connectivity index (χ3n) is 5.83. The van der Waals surface area contributed by atoms with Gasteiger partial charge in [-0.3, -0.25) is 14.6 Å². The Morgan fingerprint density at radius 1 is 0.947 bits per heavy atom. The first-order chi connectivity index (χ1) is 20.8. The van der Waals surface area contributed by atoms with Crippen molar-refractivity contribution >= 4 is 22.4 Å². The van der Waals surface area contributed by atoms with Crippen molar-refractivity contribution in [2.45, 2.75) is 19.9 Å². The van der Waals surface area contributed by atoms with Crippen molar-refractivity contribution in [2.75, 3.05) is 25.5 Å². The highest BCUT2D eigenvalue weighted by Gasteiger charge is 2.14. The second-order valence-electron chi connectivity index (χ2n) is 8.72. The summed E-state index contributed by atoms with van der Waals surface area (Å²) in [7, 11) is -5.56. The highest BCUT2D eigenvalue weighted by molar-refractivity contribution is 5.83. The minimum absolute atomic E-state index is 0.0983. The van der Waals surface area contributed by atoms with Gasteiger partial charge in [-0.2, -0.15) is 5.10 Å². The van der Waals surface area contributed by atoms with Crippen molar-refractivity contribution < 1.29 is 17.7 Å². The van der Waals surface area contributed by atoms with E-state index in [0.29, 0.717) is 28.1 Å². The Kier molecular flexibility index (Phi) is 5.32. The lowest BCUT2D eigenvalue weighted by Crippen LogP contribution is -2.17. The number of aromatic nitrogens is 5. The molecule has 0 unspecified atom stereocenters. The first kappa shape index (κ1) is 18.4. The molecular formula is C30H28N6O2. The Hall–Kier alpha value is -4.90. The number of pyridine rings is 1. The van der Waals surface area contributed by atoms with Gasteiger partial charge >= 0.3 is 0 Å². The van der Waals surface area contributed by atoms with Gasteiger partial charge in [0.25, 0.3) is 0 Å². The Morgan fingerprint density at radius 2 is 1.74 bits per heavy atom. The zero-order chi connectivity index (χ0) is 31.5. The first-order valence-electron chi connectivity index (χ1n) is 14.8. The molecule has 5 rings (SSSR count). The van der Waals surface area contributed by atoms with Crippen LogP contribution in [0.4, 0.5) is 11.4 Å². The minimum atomic E-state index is -2.78. The average molecular weight is 511 g/mol. The van der Waals surface area contributed by atoms with Crippen LogP contribution in [-0.4, -0.2) is 45.4 Å². The molecule has 0 aliphatic carbocycles. The summed E-state index contributed by atoms with van der Waals surface area (Å²) in [5, 5.41) is 4.40. The van der Waals surface area contributed by atoms with Crippen molar-refractivity contribution in [1.82, 2.24) is 24.7 Å². The van der Waals surface area contributed by atoms with E-state index in [1.165, 1.54) is 18.2 Å². The maximum atomic E-state index is 7.57. The minimum Gasteiger partial charge on any atom is -0.497 e. The highest BCUT2D eigenvalue weighted by Crippen LogP contribution is 2.34. The molecule has 5 aromatic rings. The summed E-state index contributed by atoms with van der Waals surface area (Å²) in [6.07, 6.45) is 8.62. The quantitative estimate of drug-likeness (QED) is 0.261. The SMILES string of the molecule is [2H]C([2H])([2H])Oc1cc(OC([2H])([2H])[2H])cc(N(CC#Cc2ccncc2)c2ccc3ncc(-c4cnn(C(C)C)c4)nc3c2)c1. The molecule has 0 amide bonds. The van der Waals surface area contributed by atoms with Gasteiger partial charge < -0.3 is 14.4 Å². The number of ether oxygens (including phenoxy) is 2. The molecule has 8 heteroatoms. The monoisotopic (exact) mass is 510 g/mol. The molecule has 0 saturated heterocycles. The topological polar surface area (TPSA) is 78.2 Å². The van der Waals surface area contributed by atoms with Gasteiger partial charge in [-0.1, -0.05) is 11.8 Å². The van der Waals surface area contributed by atoms with E-state index in [4.69, 9.17) is 22.7 Å². The molecule has 38 heavy (non-hydrogen) atoms. The molecule has 190 valence electrons. The molecule has 0 N–H and O–H groups in total. The zero-order valence-electron chi connectivity index (χ0n) is 26.8. The average Bonchev–Trinajstić information content (AvgIpc) is 3.44. The number of nitrogens with zero attached hydrogens (tertiary/aromatic N) is 6. The predicted molar refractivity (Wildman–Crippen MR) is 149 cm³/mol. The summed E-state index contributed by atoms with van der Waals surface area (Å²) >= 11 is 0. The summed E-state index contributed by atoms with van der Waals surface area (Å²) < 4.78 is 57.6. The molecule has 0 saturated carbocycles. The van der Waals surface area contributed by atoms with Crippen LogP contribution < -0.4 is 14.4 Å². The number of hydrogen-bond acceptors (Lipinski definition) is 7. The van der Waals surface area contributed by atoms with Gasteiger partial charge in [0, 0.05) is 65.3 Å². The molecule has 0 spiro atoms. The van der Waals surface area contributed by atoms with E-state index in [9.17, 15) is 0 Å². The molecule has 0 fully saturated rings. The molecule has 0 bridgehead atoms. The van der Waals surface area contributed by atoms with Crippen LogP contribution in [0.25, 0.3) is 22.3 Å². The van der Waals surface area contributed by atoms with Crippen molar-refractivity contribution in [2.24, 2.45) is 0 Å². The number of anilines is 2. The van der Waals surface area contributed by atoms with Gasteiger partial charge in [-0.05, 0) is 44.2 Å². The van der Waals surface area contributed by atoms with Crippen LogP contribution >= 0.6 is 0 Å². The molecule has 8 nitrogen and oxygen atoms in total. The molecular weight excluding hydrogens is 476 g/mol. The van der Waals surface area contributed by atoms with E-state index in [-0.39, 0.29) is 24.1 Å². The largest absolute Gasteiger partial charge is 0.497 e. The van der Waals surface area contributed by atoms with E-state index in [2.05, 4.69) is 26.9 Å². The molecule has 0 radical (unpaired) electrons. The summed E-state index contributed by atoms with van der Waals surface area (Å²) in [5.41, 5.74) is 4.49. The number of benzene rings is 2. The van der Waals surface area contributed by atoms with E-state index < -0.39 is 14.1 Å². The summed E-state index contributed by atoms with van der Waals surface area (Å²) in [6.45, 7) is 4.20. The third kappa shape index (κ3) is 5.42. The van der Waals surface area contributed by atoms with Crippen molar-refractivity contribution in [3.8, 4) is 34.6 Å². The Balaban J connectivity index is 1.60. The molecule has 3 aromatic heterocycles.